The molecule has 0 aromatic rings. The van der Waals surface area contributed by atoms with Crippen LogP contribution in [0, 0.1) is 22.7 Å². The summed E-state index contributed by atoms with van der Waals surface area (Å²) >= 11 is 0. The molecule has 3 heteroatoms. The van der Waals surface area contributed by atoms with Gasteiger partial charge < -0.3 is 15.3 Å². The van der Waals surface area contributed by atoms with Gasteiger partial charge in [0, 0.05) is 6.42 Å². The molecular formula is C29H46O3. The van der Waals surface area contributed by atoms with E-state index in [0.717, 1.165) is 24.8 Å². The molecule has 0 aromatic carbocycles. The average Bonchev–Trinajstić information content (AvgIpc) is 2.98. The van der Waals surface area contributed by atoms with Crippen LogP contribution in [0.3, 0.4) is 0 Å². The highest BCUT2D eigenvalue weighted by Gasteiger charge is 2.57. The maximum atomic E-state index is 10.3. The highest BCUT2D eigenvalue weighted by molar-refractivity contribution is 5.45. The highest BCUT2D eigenvalue weighted by atomic mass is 16.3. The molecule has 180 valence electrons. The largest absolute Gasteiger partial charge is 0.390 e. The van der Waals surface area contributed by atoms with Crippen molar-refractivity contribution in [1.82, 2.24) is 0 Å². The summed E-state index contributed by atoms with van der Waals surface area (Å²) in [6.45, 7) is 19.1. The third kappa shape index (κ3) is 4.72. The van der Waals surface area contributed by atoms with Gasteiger partial charge in [-0.3, -0.25) is 0 Å². The molecule has 6 atom stereocenters. The van der Waals surface area contributed by atoms with Crippen LogP contribution in [-0.4, -0.2) is 33.1 Å². The second-order valence-electron chi connectivity index (χ2n) is 12.0. The fourth-order valence-electron chi connectivity index (χ4n) is 7.03. The minimum atomic E-state index is -0.851. The van der Waals surface area contributed by atoms with E-state index in [0.29, 0.717) is 34.8 Å². The summed E-state index contributed by atoms with van der Waals surface area (Å²) in [5.41, 5.74) is 3.49. The highest BCUT2D eigenvalue weighted by Crippen LogP contribution is 2.67. The Morgan fingerprint density at radius 1 is 1.16 bits per heavy atom. The lowest BCUT2D eigenvalue weighted by Gasteiger charge is -2.51. The van der Waals surface area contributed by atoms with Gasteiger partial charge in [-0.2, -0.15) is 0 Å². The normalized spacial score (nSPS) is 39.6. The SMILES string of the molecule is C=C1/C(=C/C=C2\CCCC3(C)[C@@H](C(C)CCCC(C)(C)O)CC[C@@]23C)C[C@@H](O)C(=C)[C@@H]1O. The van der Waals surface area contributed by atoms with Gasteiger partial charge in [0.05, 0.1) is 11.7 Å². The van der Waals surface area contributed by atoms with Crippen LogP contribution in [0.5, 0.6) is 0 Å². The van der Waals surface area contributed by atoms with Crippen molar-refractivity contribution in [1.29, 1.82) is 0 Å². The van der Waals surface area contributed by atoms with Crippen LogP contribution in [0.1, 0.15) is 92.4 Å². The molecule has 3 nitrogen and oxygen atoms in total. The maximum absolute atomic E-state index is 10.3. The van der Waals surface area contributed by atoms with Crippen molar-refractivity contribution in [3.63, 3.8) is 0 Å². The van der Waals surface area contributed by atoms with Crippen molar-refractivity contribution in [2.45, 2.75) is 110 Å². The first-order valence-corrected chi connectivity index (χ1v) is 12.7. The number of hydrogen-bond donors (Lipinski definition) is 3. The van der Waals surface area contributed by atoms with Crippen LogP contribution in [0.25, 0.3) is 0 Å². The zero-order valence-electron chi connectivity index (χ0n) is 21.1. The number of hydrogen-bond acceptors (Lipinski definition) is 3. The first-order chi connectivity index (χ1) is 14.8. The Bertz CT molecular complexity index is 798. The van der Waals surface area contributed by atoms with Crippen LogP contribution in [0.15, 0.2) is 47.6 Å². The summed E-state index contributed by atoms with van der Waals surface area (Å²) in [6, 6.07) is 0. The molecule has 3 fully saturated rings. The fourth-order valence-corrected chi connectivity index (χ4v) is 7.03. The third-order valence-corrected chi connectivity index (χ3v) is 9.44. The van der Waals surface area contributed by atoms with E-state index in [1.165, 1.54) is 37.7 Å². The van der Waals surface area contributed by atoms with E-state index in [-0.39, 0.29) is 5.41 Å². The van der Waals surface area contributed by atoms with Crippen LogP contribution >= 0.6 is 0 Å². The lowest BCUT2D eigenvalue weighted by molar-refractivity contribution is 0.0299. The van der Waals surface area contributed by atoms with E-state index >= 15 is 0 Å². The Kier molecular flexibility index (Phi) is 7.35. The standard InChI is InChI=1S/C29H46O3/c1-19(10-8-15-27(4,5)32)24-14-17-28(6)23(11-9-16-29(24,28)7)13-12-22-18-25(30)21(3)26(31)20(22)2/h12-13,19,24-26,30-32H,2-3,8-11,14-18H2,1,4-7H3/b22-12+,23-13+/t19?,24-,25-,26-,28+,29?/m1/s1. The predicted octanol–water partition coefficient (Wildman–Crippen LogP) is 6.26. The van der Waals surface area contributed by atoms with E-state index in [4.69, 9.17) is 0 Å². The molecule has 0 saturated heterocycles. The van der Waals surface area contributed by atoms with E-state index in [1.54, 1.807) is 0 Å². The summed E-state index contributed by atoms with van der Waals surface area (Å²) in [6.07, 6.45) is 12.6. The summed E-state index contributed by atoms with van der Waals surface area (Å²) < 4.78 is 0. The predicted molar refractivity (Wildman–Crippen MR) is 133 cm³/mol. The van der Waals surface area contributed by atoms with Crippen molar-refractivity contribution < 1.29 is 15.3 Å². The number of allylic oxidation sites excluding steroid dienone is 3. The molecule has 0 spiro atoms. The molecule has 3 saturated carbocycles. The Morgan fingerprint density at radius 2 is 1.84 bits per heavy atom. The van der Waals surface area contributed by atoms with Gasteiger partial charge in [-0.1, -0.05) is 64.5 Å². The second kappa shape index (κ2) is 9.24. The average molecular weight is 443 g/mol. The zero-order chi connectivity index (χ0) is 23.9. The van der Waals surface area contributed by atoms with E-state index in [2.05, 4.69) is 46.1 Å². The molecule has 3 rings (SSSR count). The molecule has 32 heavy (non-hydrogen) atoms. The monoisotopic (exact) mass is 442 g/mol. The Labute approximate surface area is 196 Å². The van der Waals surface area contributed by atoms with Gasteiger partial charge in [-0.05, 0) is 91.8 Å². The van der Waals surface area contributed by atoms with Gasteiger partial charge >= 0.3 is 0 Å². The van der Waals surface area contributed by atoms with Crippen LogP contribution < -0.4 is 0 Å². The van der Waals surface area contributed by atoms with Gasteiger partial charge in [0.25, 0.3) is 0 Å². The number of aliphatic hydroxyl groups is 3. The first-order valence-electron chi connectivity index (χ1n) is 12.7. The first kappa shape index (κ1) is 25.5. The number of rotatable bonds is 6. The quantitative estimate of drug-likeness (QED) is 0.425. The second-order valence-corrected chi connectivity index (χ2v) is 12.0. The van der Waals surface area contributed by atoms with Crippen molar-refractivity contribution >= 4 is 0 Å². The summed E-state index contributed by atoms with van der Waals surface area (Å²) in [4.78, 5) is 0. The van der Waals surface area contributed by atoms with Crippen molar-refractivity contribution in [2.75, 3.05) is 0 Å². The maximum Gasteiger partial charge on any atom is 0.102 e. The van der Waals surface area contributed by atoms with Crippen LogP contribution in [0.4, 0.5) is 0 Å². The van der Waals surface area contributed by atoms with Gasteiger partial charge in [0.1, 0.15) is 6.10 Å². The summed E-state index contributed by atoms with van der Waals surface area (Å²) in [5.74, 6) is 1.37. The van der Waals surface area contributed by atoms with E-state index in [9.17, 15) is 15.3 Å². The Morgan fingerprint density at radius 3 is 2.50 bits per heavy atom. The van der Waals surface area contributed by atoms with E-state index < -0.39 is 17.8 Å². The van der Waals surface area contributed by atoms with Crippen LogP contribution in [-0.2, 0) is 0 Å². The Hall–Kier alpha value is -1.16. The minimum absolute atomic E-state index is 0.189. The molecule has 0 radical (unpaired) electrons. The molecule has 0 bridgehead atoms. The van der Waals surface area contributed by atoms with Gasteiger partial charge in [0.2, 0.25) is 0 Å². The topological polar surface area (TPSA) is 60.7 Å². The molecular weight excluding hydrogens is 396 g/mol. The molecule has 0 heterocycles. The third-order valence-electron chi connectivity index (χ3n) is 9.44. The number of aliphatic hydroxyl groups excluding tert-OH is 2. The van der Waals surface area contributed by atoms with Gasteiger partial charge in [-0.15, -0.1) is 0 Å². The lowest BCUT2D eigenvalue weighted by Crippen LogP contribution is -2.43. The van der Waals surface area contributed by atoms with E-state index in [1.807, 2.05) is 13.8 Å². The number of fused-ring (bicyclic) bond motifs is 1. The minimum Gasteiger partial charge on any atom is -0.390 e. The molecule has 2 unspecified atom stereocenters. The zero-order valence-corrected chi connectivity index (χ0v) is 21.1. The van der Waals surface area contributed by atoms with Crippen LogP contribution in [0.2, 0.25) is 0 Å². The van der Waals surface area contributed by atoms with Crippen molar-refractivity contribution in [3.8, 4) is 0 Å². The molecule has 3 N–H and O–H groups in total. The molecule has 3 aliphatic rings. The lowest BCUT2D eigenvalue weighted by atomic mass is 9.53. The van der Waals surface area contributed by atoms with Gasteiger partial charge in [0.15, 0.2) is 0 Å². The van der Waals surface area contributed by atoms with Gasteiger partial charge in [-0.25, -0.2) is 0 Å². The van der Waals surface area contributed by atoms with Crippen molar-refractivity contribution in [2.24, 2.45) is 22.7 Å². The van der Waals surface area contributed by atoms with Crippen molar-refractivity contribution in [3.05, 3.63) is 47.6 Å². The summed E-state index contributed by atoms with van der Waals surface area (Å²) in [7, 11) is 0. The fraction of sp³-hybridized carbons (Fsp3) is 0.724. The molecule has 0 amide bonds. The smallest absolute Gasteiger partial charge is 0.102 e. The summed E-state index contributed by atoms with van der Waals surface area (Å²) in [5, 5.41) is 30.7. The molecule has 3 aliphatic carbocycles. The molecule has 0 aliphatic heterocycles. The Balaban J connectivity index is 1.79. The molecule has 0 aromatic heterocycles.